The first-order valence-electron chi connectivity index (χ1n) is 6.70. The zero-order valence-corrected chi connectivity index (χ0v) is 11.7. The van der Waals surface area contributed by atoms with Gasteiger partial charge in [0.1, 0.15) is 12.6 Å². The van der Waals surface area contributed by atoms with Gasteiger partial charge in [0.25, 0.3) is 0 Å². The Bertz CT molecular complexity index is 472. The molecular weight excluding hydrogens is 280 g/mol. The third kappa shape index (κ3) is 3.23. The molecule has 9 nitrogen and oxygen atoms in total. The van der Waals surface area contributed by atoms with Gasteiger partial charge in [-0.15, -0.1) is 0 Å². The molecule has 1 atom stereocenters. The summed E-state index contributed by atoms with van der Waals surface area (Å²) in [6.07, 6.45) is 0. The highest BCUT2D eigenvalue weighted by molar-refractivity contribution is 5.90. The van der Waals surface area contributed by atoms with Gasteiger partial charge in [0.15, 0.2) is 0 Å². The zero-order chi connectivity index (χ0) is 15.6. The third-order valence-electron chi connectivity index (χ3n) is 3.71. The first kappa shape index (κ1) is 15.1. The fourth-order valence-electron chi connectivity index (χ4n) is 2.46. The van der Waals surface area contributed by atoms with Crippen molar-refractivity contribution in [3.8, 4) is 0 Å². The first-order valence-corrected chi connectivity index (χ1v) is 6.70. The van der Waals surface area contributed by atoms with Crippen LogP contribution in [0.3, 0.4) is 0 Å². The number of carbonyl (C=O) groups is 4. The largest absolute Gasteiger partial charge is 0.480 e. The van der Waals surface area contributed by atoms with Crippen LogP contribution in [0.2, 0.25) is 0 Å². The van der Waals surface area contributed by atoms with Crippen molar-refractivity contribution in [1.82, 2.24) is 20.0 Å². The molecule has 0 bridgehead atoms. The number of carbonyl (C=O) groups excluding carboxylic acids is 3. The van der Waals surface area contributed by atoms with Crippen molar-refractivity contribution < 1.29 is 24.3 Å². The highest BCUT2D eigenvalue weighted by Crippen LogP contribution is 2.11. The second-order valence-electron chi connectivity index (χ2n) is 5.06. The Labute approximate surface area is 121 Å². The van der Waals surface area contributed by atoms with Crippen LogP contribution in [0.5, 0.6) is 0 Å². The molecule has 2 aliphatic rings. The van der Waals surface area contributed by atoms with E-state index in [2.05, 4.69) is 5.32 Å². The number of rotatable bonds is 1. The molecule has 0 spiro atoms. The van der Waals surface area contributed by atoms with Crippen molar-refractivity contribution in [3.05, 3.63) is 0 Å². The molecule has 2 aliphatic heterocycles. The summed E-state index contributed by atoms with van der Waals surface area (Å²) in [5.74, 6) is -1.57. The predicted molar refractivity (Wildman–Crippen MR) is 70.4 cm³/mol. The second-order valence-corrected chi connectivity index (χ2v) is 5.06. The number of hydrogen-bond donors (Lipinski definition) is 2. The van der Waals surface area contributed by atoms with Crippen molar-refractivity contribution in [1.29, 1.82) is 0 Å². The molecule has 0 aromatic carbocycles. The van der Waals surface area contributed by atoms with E-state index >= 15 is 0 Å². The van der Waals surface area contributed by atoms with Crippen LogP contribution >= 0.6 is 0 Å². The van der Waals surface area contributed by atoms with Crippen LogP contribution in [0.15, 0.2) is 0 Å². The van der Waals surface area contributed by atoms with Gasteiger partial charge in [0, 0.05) is 39.6 Å². The average Bonchev–Trinajstić information content (AvgIpc) is 2.46. The Kier molecular flexibility index (Phi) is 4.29. The highest BCUT2D eigenvalue weighted by atomic mass is 16.4. The zero-order valence-electron chi connectivity index (χ0n) is 11.7. The van der Waals surface area contributed by atoms with E-state index < -0.39 is 18.0 Å². The maximum atomic E-state index is 12.4. The third-order valence-corrected chi connectivity index (χ3v) is 3.71. The monoisotopic (exact) mass is 298 g/mol. The molecule has 0 aromatic rings. The van der Waals surface area contributed by atoms with E-state index in [1.165, 1.54) is 11.8 Å². The molecule has 116 valence electrons. The standard InChI is InChI=1S/C12H18N4O5/c1-8(17)14-2-4-15(5-3-14)12(21)16-7-10(18)13-6-9(16)11(19)20/h9H,2-7H2,1H3,(H,13,18)(H,19,20). The van der Waals surface area contributed by atoms with Crippen molar-refractivity contribution in [2.45, 2.75) is 13.0 Å². The maximum absolute atomic E-state index is 12.4. The number of amides is 4. The van der Waals surface area contributed by atoms with E-state index in [1.54, 1.807) is 4.90 Å². The molecule has 0 aliphatic carbocycles. The van der Waals surface area contributed by atoms with E-state index in [9.17, 15) is 19.2 Å². The summed E-state index contributed by atoms with van der Waals surface area (Å²) in [6, 6.07) is -1.53. The molecule has 1 unspecified atom stereocenters. The second kappa shape index (κ2) is 5.98. The van der Waals surface area contributed by atoms with Crippen molar-refractivity contribution >= 4 is 23.8 Å². The Morgan fingerprint density at radius 3 is 2.24 bits per heavy atom. The van der Waals surface area contributed by atoms with Gasteiger partial charge >= 0.3 is 12.0 Å². The summed E-state index contributed by atoms with van der Waals surface area (Å²) < 4.78 is 0. The Morgan fingerprint density at radius 1 is 1.14 bits per heavy atom. The fourth-order valence-corrected chi connectivity index (χ4v) is 2.46. The lowest BCUT2D eigenvalue weighted by Gasteiger charge is -2.40. The van der Waals surface area contributed by atoms with Crippen molar-refractivity contribution in [3.63, 3.8) is 0 Å². The number of nitrogens with zero attached hydrogens (tertiary/aromatic N) is 3. The smallest absolute Gasteiger partial charge is 0.328 e. The number of urea groups is 1. The number of aliphatic carboxylic acids is 1. The summed E-state index contributed by atoms with van der Waals surface area (Å²) >= 11 is 0. The van der Waals surface area contributed by atoms with Crippen LogP contribution in [-0.4, -0.2) is 88.9 Å². The topological polar surface area (TPSA) is 110 Å². The van der Waals surface area contributed by atoms with E-state index in [1.807, 2.05) is 0 Å². The quantitative estimate of drug-likeness (QED) is 0.591. The molecule has 0 aromatic heterocycles. The number of hydrogen-bond acceptors (Lipinski definition) is 4. The van der Waals surface area contributed by atoms with Gasteiger partial charge < -0.3 is 20.2 Å². The van der Waals surface area contributed by atoms with Gasteiger partial charge in [-0.05, 0) is 0 Å². The van der Waals surface area contributed by atoms with Gasteiger partial charge in [-0.2, -0.15) is 0 Å². The molecule has 2 fully saturated rings. The molecule has 21 heavy (non-hydrogen) atoms. The van der Waals surface area contributed by atoms with Gasteiger partial charge in [-0.3, -0.25) is 14.5 Å². The summed E-state index contributed by atoms with van der Waals surface area (Å²) in [5.41, 5.74) is 0. The number of piperazine rings is 2. The van der Waals surface area contributed by atoms with Gasteiger partial charge in [0.05, 0.1) is 0 Å². The van der Waals surface area contributed by atoms with Crippen molar-refractivity contribution in [2.24, 2.45) is 0 Å². The van der Waals surface area contributed by atoms with Crippen LogP contribution in [0.25, 0.3) is 0 Å². The minimum absolute atomic E-state index is 0.0529. The average molecular weight is 298 g/mol. The van der Waals surface area contributed by atoms with Crippen LogP contribution < -0.4 is 5.32 Å². The highest BCUT2D eigenvalue weighted by Gasteiger charge is 2.38. The SMILES string of the molecule is CC(=O)N1CCN(C(=O)N2CC(=O)NCC2C(=O)O)CC1. The van der Waals surface area contributed by atoms with Crippen LogP contribution in [0, 0.1) is 0 Å². The summed E-state index contributed by atoms with van der Waals surface area (Å²) in [7, 11) is 0. The summed E-state index contributed by atoms with van der Waals surface area (Å²) in [5, 5.41) is 11.6. The minimum atomic E-state index is -1.15. The fraction of sp³-hybridized carbons (Fsp3) is 0.667. The van der Waals surface area contributed by atoms with Gasteiger partial charge in [0.2, 0.25) is 11.8 Å². The van der Waals surface area contributed by atoms with E-state index in [-0.39, 0.29) is 24.9 Å². The van der Waals surface area contributed by atoms with E-state index in [4.69, 9.17) is 5.11 Å². The molecule has 0 saturated carbocycles. The molecule has 2 rings (SSSR count). The predicted octanol–water partition coefficient (Wildman–Crippen LogP) is -1.84. The summed E-state index contributed by atoms with van der Waals surface area (Å²) in [4.78, 5) is 50.4. The first-order chi connectivity index (χ1) is 9.90. The Balaban J connectivity index is 2.02. The molecular formula is C12H18N4O5. The number of nitrogens with one attached hydrogen (secondary N) is 1. The summed E-state index contributed by atoms with van der Waals surface area (Å²) in [6.45, 7) is 2.62. The maximum Gasteiger partial charge on any atom is 0.328 e. The molecule has 2 N–H and O–H groups in total. The van der Waals surface area contributed by atoms with Gasteiger partial charge in [-0.25, -0.2) is 9.59 Å². The molecule has 2 heterocycles. The van der Waals surface area contributed by atoms with E-state index in [0.29, 0.717) is 26.2 Å². The lowest BCUT2D eigenvalue weighted by atomic mass is 10.2. The number of carboxylic acid groups (broad SMARTS) is 1. The van der Waals surface area contributed by atoms with Crippen LogP contribution in [0.1, 0.15) is 6.92 Å². The van der Waals surface area contributed by atoms with Crippen LogP contribution in [-0.2, 0) is 14.4 Å². The molecule has 2 saturated heterocycles. The Hall–Kier alpha value is -2.32. The lowest BCUT2D eigenvalue weighted by molar-refractivity contribution is -0.144. The minimum Gasteiger partial charge on any atom is -0.480 e. The molecule has 4 amide bonds. The molecule has 0 radical (unpaired) electrons. The Morgan fingerprint density at radius 2 is 1.71 bits per heavy atom. The number of carboxylic acids is 1. The lowest BCUT2D eigenvalue weighted by Crippen LogP contribution is -2.63. The van der Waals surface area contributed by atoms with E-state index in [0.717, 1.165) is 4.90 Å². The van der Waals surface area contributed by atoms with Crippen LogP contribution in [0.4, 0.5) is 4.79 Å². The normalized spacial score (nSPS) is 22.8. The molecule has 9 heteroatoms. The van der Waals surface area contributed by atoms with Crippen molar-refractivity contribution in [2.75, 3.05) is 39.3 Å². The van der Waals surface area contributed by atoms with Gasteiger partial charge in [-0.1, -0.05) is 0 Å².